The van der Waals surface area contributed by atoms with Gasteiger partial charge in [0.15, 0.2) is 0 Å². The lowest BCUT2D eigenvalue weighted by molar-refractivity contribution is -0.122. The minimum atomic E-state index is -0.0489. The van der Waals surface area contributed by atoms with Gasteiger partial charge < -0.3 is 10.6 Å². The normalized spacial score (nSPS) is 19.9. The second kappa shape index (κ2) is 6.02. The number of thioether (sulfide) groups is 1. The molecule has 2 heterocycles. The van der Waals surface area contributed by atoms with Crippen molar-refractivity contribution in [3.63, 3.8) is 0 Å². The predicted molar refractivity (Wildman–Crippen MR) is 69.9 cm³/mol. The van der Waals surface area contributed by atoms with Gasteiger partial charge in [0, 0.05) is 36.5 Å². The van der Waals surface area contributed by atoms with E-state index in [0.29, 0.717) is 6.54 Å². The van der Waals surface area contributed by atoms with Crippen LogP contribution in [0.5, 0.6) is 0 Å². The molecule has 1 fully saturated rings. The van der Waals surface area contributed by atoms with Gasteiger partial charge in [0.25, 0.3) is 0 Å². The first-order chi connectivity index (χ1) is 8.25. The van der Waals surface area contributed by atoms with Gasteiger partial charge in [0.2, 0.25) is 5.91 Å². The molecular formula is C12H17N3OS. The number of carbonyl (C=O) groups is 1. The van der Waals surface area contributed by atoms with Gasteiger partial charge >= 0.3 is 0 Å². The zero-order chi connectivity index (χ0) is 12.1. The summed E-state index contributed by atoms with van der Waals surface area (Å²) in [6, 6.07) is 3.90. The van der Waals surface area contributed by atoms with E-state index in [0.717, 1.165) is 29.3 Å². The zero-order valence-corrected chi connectivity index (χ0v) is 10.7. The van der Waals surface area contributed by atoms with Gasteiger partial charge in [-0.15, -0.1) is 0 Å². The van der Waals surface area contributed by atoms with Gasteiger partial charge in [-0.2, -0.15) is 11.8 Å². The molecule has 0 aromatic carbocycles. The Labute approximate surface area is 106 Å². The minimum absolute atomic E-state index is 0.0489. The standard InChI is InChI=1S/C12H17N3OS/c1-9-2-3-10(6-14-9)7-15-12(16)11-8-17-5-4-13-11/h2-3,6,11,13H,4-5,7-8H2,1H3,(H,15,16). The van der Waals surface area contributed by atoms with Gasteiger partial charge in [0.05, 0.1) is 6.04 Å². The highest BCUT2D eigenvalue weighted by molar-refractivity contribution is 7.99. The first kappa shape index (κ1) is 12.4. The quantitative estimate of drug-likeness (QED) is 0.831. The number of rotatable bonds is 3. The molecule has 5 heteroatoms. The number of hydrogen-bond donors (Lipinski definition) is 2. The van der Waals surface area contributed by atoms with Gasteiger partial charge in [0.1, 0.15) is 0 Å². The Morgan fingerprint density at radius 2 is 2.53 bits per heavy atom. The van der Waals surface area contributed by atoms with Gasteiger partial charge in [-0.25, -0.2) is 0 Å². The Morgan fingerprint density at radius 1 is 1.65 bits per heavy atom. The molecule has 0 spiro atoms. The fraction of sp³-hybridized carbons (Fsp3) is 0.500. The predicted octanol–water partition coefficient (Wildman–Crippen LogP) is 0.711. The smallest absolute Gasteiger partial charge is 0.238 e. The van der Waals surface area contributed by atoms with Crippen molar-refractivity contribution in [1.29, 1.82) is 0 Å². The third-order valence-corrected chi connectivity index (χ3v) is 3.74. The van der Waals surface area contributed by atoms with E-state index in [4.69, 9.17) is 0 Å². The van der Waals surface area contributed by atoms with Crippen LogP contribution >= 0.6 is 11.8 Å². The summed E-state index contributed by atoms with van der Waals surface area (Å²) in [5.41, 5.74) is 2.03. The van der Waals surface area contributed by atoms with Crippen LogP contribution < -0.4 is 10.6 Å². The summed E-state index contributed by atoms with van der Waals surface area (Å²) in [5.74, 6) is 2.03. The van der Waals surface area contributed by atoms with Crippen molar-refractivity contribution in [2.75, 3.05) is 18.1 Å². The molecule has 2 N–H and O–H groups in total. The highest BCUT2D eigenvalue weighted by atomic mass is 32.2. The number of pyridine rings is 1. The SMILES string of the molecule is Cc1ccc(CNC(=O)C2CSCCN2)cn1. The molecule has 1 aromatic rings. The summed E-state index contributed by atoms with van der Waals surface area (Å²) in [4.78, 5) is 16.0. The first-order valence-electron chi connectivity index (χ1n) is 5.76. The van der Waals surface area contributed by atoms with Crippen LogP contribution in [-0.2, 0) is 11.3 Å². The van der Waals surface area contributed by atoms with E-state index >= 15 is 0 Å². The molecular weight excluding hydrogens is 234 g/mol. The Balaban J connectivity index is 1.81. The maximum atomic E-state index is 11.8. The molecule has 2 rings (SSSR count). The summed E-state index contributed by atoms with van der Waals surface area (Å²) < 4.78 is 0. The highest BCUT2D eigenvalue weighted by Gasteiger charge is 2.20. The molecule has 4 nitrogen and oxygen atoms in total. The molecule has 0 radical (unpaired) electrons. The first-order valence-corrected chi connectivity index (χ1v) is 6.91. The number of hydrogen-bond acceptors (Lipinski definition) is 4. The van der Waals surface area contributed by atoms with Crippen LogP contribution in [0.1, 0.15) is 11.3 Å². The van der Waals surface area contributed by atoms with Crippen LogP contribution in [0.15, 0.2) is 18.3 Å². The molecule has 1 unspecified atom stereocenters. The Kier molecular flexibility index (Phi) is 4.39. The topological polar surface area (TPSA) is 54.0 Å². The third kappa shape index (κ3) is 3.71. The van der Waals surface area contributed by atoms with Gasteiger partial charge in [-0.1, -0.05) is 6.07 Å². The zero-order valence-electron chi connectivity index (χ0n) is 9.90. The van der Waals surface area contributed by atoms with E-state index in [-0.39, 0.29) is 11.9 Å². The van der Waals surface area contributed by atoms with Crippen LogP contribution in [0.4, 0.5) is 0 Å². The molecule has 1 aliphatic heterocycles. The van der Waals surface area contributed by atoms with E-state index in [2.05, 4.69) is 15.6 Å². The van der Waals surface area contributed by atoms with Crippen molar-refractivity contribution in [3.05, 3.63) is 29.6 Å². The fourth-order valence-electron chi connectivity index (χ4n) is 1.65. The molecule has 17 heavy (non-hydrogen) atoms. The summed E-state index contributed by atoms with van der Waals surface area (Å²) in [5, 5.41) is 6.15. The molecule has 1 aliphatic rings. The molecule has 92 valence electrons. The van der Waals surface area contributed by atoms with Crippen molar-refractivity contribution in [1.82, 2.24) is 15.6 Å². The minimum Gasteiger partial charge on any atom is -0.351 e. The van der Waals surface area contributed by atoms with Crippen molar-refractivity contribution in [2.24, 2.45) is 0 Å². The fourth-order valence-corrected chi connectivity index (χ4v) is 2.58. The highest BCUT2D eigenvalue weighted by Crippen LogP contribution is 2.07. The Morgan fingerprint density at radius 3 is 3.18 bits per heavy atom. The Hall–Kier alpha value is -1.07. The number of aryl methyl sites for hydroxylation is 1. The van der Waals surface area contributed by atoms with Crippen molar-refractivity contribution in [3.8, 4) is 0 Å². The maximum absolute atomic E-state index is 11.8. The average molecular weight is 251 g/mol. The molecule has 1 atom stereocenters. The van der Waals surface area contributed by atoms with E-state index in [9.17, 15) is 4.79 Å². The number of nitrogens with zero attached hydrogens (tertiary/aromatic N) is 1. The van der Waals surface area contributed by atoms with Crippen molar-refractivity contribution in [2.45, 2.75) is 19.5 Å². The van der Waals surface area contributed by atoms with E-state index in [1.165, 1.54) is 0 Å². The number of amides is 1. The largest absolute Gasteiger partial charge is 0.351 e. The maximum Gasteiger partial charge on any atom is 0.238 e. The van der Waals surface area contributed by atoms with E-state index in [1.54, 1.807) is 6.20 Å². The van der Waals surface area contributed by atoms with E-state index < -0.39 is 0 Å². The summed E-state index contributed by atoms with van der Waals surface area (Å²) in [6.07, 6.45) is 1.80. The lowest BCUT2D eigenvalue weighted by Crippen LogP contribution is -2.48. The van der Waals surface area contributed by atoms with E-state index in [1.807, 2.05) is 30.8 Å². The summed E-state index contributed by atoms with van der Waals surface area (Å²) in [7, 11) is 0. The van der Waals surface area contributed by atoms with Crippen LogP contribution in [-0.4, -0.2) is 35.0 Å². The van der Waals surface area contributed by atoms with Crippen LogP contribution in [0.2, 0.25) is 0 Å². The lowest BCUT2D eigenvalue weighted by atomic mass is 10.2. The number of aromatic nitrogens is 1. The molecule has 0 bridgehead atoms. The van der Waals surface area contributed by atoms with Crippen LogP contribution in [0, 0.1) is 6.92 Å². The average Bonchev–Trinajstić information content (AvgIpc) is 2.39. The summed E-state index contributed by atoms with van der Waals surface area (Å²) in [6.45, 7) is 3.41. The van der Waals surface area contributed by atoms with Gasteiger partial charge in [-0.05, 0) is 18.6 Å². The number of carbonyl (C=O) groups excluding carboxylic acids is 1. The summed E-state index contributed by atoms with van der Waals surface area (Å²) >= 11 is 1.82. The number of nitrogens with one attached hydrogen (secondary N) is 2. The Bertz CT molecular complexity index is 374. The third-order valence-electron chi connectivity index (χ3n) is 2.68. The van der Waals surface area contributed by atoms with Crippen LogP contribution in [0.25, 0.3) is 0 Å². The molecule has 1 amide bonds. The molecule has 1 aromatic heterocycles. The second-order valence-corrected chi connectivity index (χ2v) is 5.26. The monoisotopic (exact) mass is 251 g/mol. The van der Waals surface area contributed by atoms with Gasteiger partial charge in [-0.3, -0.25) is 9.78 Å². The molecule has 1 saturated heterocycles. The van der Waals surface area contributed by atoms with Crippen LogP contribution in [0.3, 0.4) is 0 Å². The molecule has 0 aliphatic carbocycles. The van der Waals surface area contributed by atoms with Crippen molar-refractivity contribution < 1.29 is 4.79 Å². The lowest BCUT2D eigenvalue weighted by Gasteiger charge is -2.22. The van der Waals surface area contributed by atoms with Crippen molar-refractivity contribution >= 4 is 17.7 Å². The second-order valence-electron chi connectivity index (χ2n) is 4.11. The molecule has 0 saturated carbocycles.